The minimum absolute atomic E-state index is 0.0944. The molecule has 0 aliphatic carbocycles. The highest BCUT2D eigenvalue weighted by atomic mass is 16.5. The van der Waals surface area contributed by atoms with Gasteiger partial charge in [0.2, 0.25) is 0 Å². The van der Waals surface area contributed by atoms with E-state index in [9.17, 15) is 4.79 Å². The molecule has 2 N–H and O–H groups in total. The molecule has 0 spiro atoms. The molecule has 11 heavy (non-hydrogen) atoms. The van der Waals surface area contributed by atoms with Crippen molar-refractivity contribution < 1.29 is 9.53 Å². The van der Waals surface area contributed by atoms with Crippen molar-refractivity contribution in [1.29, 1.82) is 0 Å². The number of carbonyl (C=O) groups excluding carboxylic acids is 1. The Balaban J connectivity index is 2.13. The van der Waals surface area contributed by atoms with Gasteiger partial charge < -0.3 is 15.4 Å². The molecule has 1 unspecified atom stereocenters. The summed E-state index contributed by atoms with van der Waals surface area (Å²) in [4.78, 5) is 10.9. The van der Waals surface area contributed by atoms with Crippen LogP contribution in [0, 0.1) is 0 Å². The summed E-state index contributed by atoms with van der Waals surface area (Å²) >= 11 is 0. The molecular weight excluding hydrogens is 144 g/mol. The van der Waals surface area contributed by atoms with E-state index in [-0.39, 0.29) is 12.1 Å². The summed E-state index contributed by atoms with van der Waals surface area (Å²) in [5, 5.41) is 5.47. The fraction of sp³-hybridized carbons (Fsp3) is 0.857. The van der Waals surface area contributed by atoms with Gasteiger partial charge in [0.05, 0.1) is 12.6 Å². The standard InChI is InChI=1S/C7H14N2O2/c1-2-8-7(10)9-6-3-4-11-5-6/h6H,2-5H2,1H3,(H2,8,9,10). The van der Waals surface area contributed by atoms with Gasteiger partial charge in [-0.2, -0.15) is 0 Å². The molecule has 4 heteroatoms. The first-order chi connectivity index (χ1) is 5.33. The predicted octanol–water partition coefficient (Wildman–Crippen LogP) is 0.0944. The van der Waals surface area contributed by atoms with Crippen LogP contribution in [0.4, 0.5) is 4.79 Å². The molecule has 1 aliphatic heterocycles. The summed E-state index contributed by atoms with van der Waals surface area (Å²) in [5.74, 6) is 0. The van der Waals surface area contributed by atoms with Crippen LogP contribution in [0.15, 0.2) is 0 Å². The predicted molar refractivity (Wildman–Crippen MR) is 41.4 cm³/mol. The van der Waals surface area contributed by atoms with Crippen LogP contribution in [0.5, 0.6) is 0 Å². The molecule has 0 aromatic carbocycles. The van der Waals surface area contributed by atoms with Crippen molar-refractivity contribution in [3.63, 3.8) is 0 Å². The van der Waals surface area contributed by atoms with E-state index in [1.807, 2.05) is 6.92 Å². The second-order valence-electron chi connectivity index (χ2n) is 2.56. The fourth-order valence-electron chi connectivity index (χ4n) is 1.05. The first kappa shape index (κ1) is 8.33. The smallest absolute Gasteiger partial charge is 0.315 e. The van der Waals surface area contributed by atoms with Crippen molar-refractivity contribution in [2.45, 2.75) is 19.4 Å². The Morgan fingerprint density at radius 2 is 2.55 bits per heavy atom. The van der Waals surface area contributed by atoms with Crippen LogP contribution in [0.2, 0.25) is 0 Å². The number of hydrogen-bond acceptors (Lipinski definition) is 2. The summed E-state index contributed by atoms with van der Waals surface area (Å²) in [5.41, 5.74) is 0. The number of amides is 2. The van der Waals surface area contributed by atoms with Gasteiger partial charge in [-0.05, 0) is 13.3 Å². The lowest BCUT2D eigenvalue weighted by Gasteiger charge is -2.10. The number of ether oxygens (including phenoxy) is 1. The molecule has 1 fully saturated rings. The summed E-state index contributed by atoms with van der Waals surface area (Å²) in [7, 11) is 0. The molecule has 1 saturated heterocycles. The largest absolute Gasteiger partial charge is 0.379 e. The first-order valence-corrected chi connectivity index (χ1v) is 3.95. The molecule has 0 radical (unpaired) electrons. The number of urea groups is 1. The molecule has 0 saturated carbocycles. The molecule has 2 amide bonds. The average molecular weight is 158 g/mol. The van der Waals surface area contributed by atoms with Crippen LogP contribution in [-0.2, 0) is 4.74 Å². The van der Waals surface area contributed by atoms with Crippen LogP contribution in [0.25, 0.3) is 0 Å². The SMILES string of the molecule is CCNC(=O)NC1CCOC1. The van der Waals surface area contributed by atoms with Gasteiger partial charge in [-0.3, -0.25) is 0 Å². The number of nitrogens with one attached hydrogen (secondary N) is 2. The van der Waals surface area contributed by atoms with Gasteiger partial charge in [-0.15, -0.1) is 0 Å². The van der Waals surface area contributed by atoms with Gasteiger partial charge in [0.15, 0.2) is 0 Å². The molecule has 1 atom stereocenters. The molecule has 64 valence electrons. The zero-order valence-electron chi connectivity index (χ0n) is 6.72. The Bertz CT molecular complexity index is 132. The highest BCUT2D eigenvalue weighted by Crippen LogP contribution is 2.02. The normalized spacial score (nSPS) is 23.2. The molecule has 0 aromatic heterocycles. The Morgan fingerprint density at radius 1 is 1.73 bits per heavy atom. The maximum Gasteiger partial charge on any atom is 0.315 e. The zero-order chi connectivity index (χ0) is 8.10. The summed E-state index contributed by atoms with van der Waals surface area (Å²) in [6.45, 7) is 3.97. The Morgan fingerprint density at radius 3 is 3.09 bits per heavy atom. The van der Waals surface area contributed by atoms with Gasteiger partial charge in [0.25, 0.3) is 0 Å². The van der Waals surface area contributed by atoms with E-state index in [1.54, 1.807) is 0 Å². The van der Waals surface area contributed by atoms with Gasteiger partial charge in [0, 0.05) is 13.2 Å². The maximum atomic E-state index is 10.9. The average Bonchev–Trinajstić information content (AvgIpc) is 2.40. The van der Waals surface area contributed by atoms with Crippen molar-refractivity contribution in [3.8, 4) is 0 Å². The van der Waals surface area contributed by atoms with Gasteiger partial charge >= 0.3 is 6.03 Å². The van der Waals surface area contributed by atoms with Crippen LogP contribution < -0.4 is 10.6 Å². The second kappa shape index (κ2) is 4.18. The van der Waals surface area contributed by atoms with Gasteiger partial charge in [0.1, 0.15) is 0 Å². The fourth-order valence-corrected chi connectivity index (χ4v) is 1.05. The molecule has 1 rings (SSSR count). The lowest BCUT2D eigenvalue weighted by molar-refractivity contribution is 0.188. The van der Waals surface area contributed by atoms with E-state index in [0.29, 0.717) is 13.2 Å². The molecule has 0 bridgehead atoms. The van der Waals surface area contributed by atoms with Crippen LogP contribution >= 0.6 is 0 Å². The first-order valence-electron chi connectivity index (χ1n) is 3.95. The van der Waals surface area contributed by atoms with Crippen molar-refractivity contribution >= 4 is 6.03 Å². The monoisotopic (exact) mass is 158 g/mol. The van der Waals surface area contributed by atoms with Crippen LogP contribution in [0.3, 0.4) is 0 Å². The summed E-state index contributed by atoms with van der Waals surface area (Å²) in [6, 6.07) is 0.115. The van der Waals surface area contributed by atoms with E-state index in [2.05, 4.69) is 10.6 Å². The summed E-state index contributed by atoms with van der Waals surface area (Å²) in [6.07, 6.45) is 0.928. The van der Waals surface area contributed by atoms with Crippen molar-refractivity contribution in [1.82, 2.24) is 10.6 Å². The molecule has 0 aromatic rings. The van der Waals surface area contributed by atoms with Crippen LogP contribution in [-0.4, -0.2) is 31.8 Å². The molecule has 1 heterocycles. The van der Waals surface area contributed by atoms with Crippen molar-refractivity contribution in [2.75, 3.05) is 19.8 Å². The van der Waals surface area contributed by atoms with Crippen molar-refractivity contribution in [2.24, 2.45) is 0 Å². The van der Waals surface area contributed by atoms with E-state index in [4.69, 9.17) is 4.74 Å². The van der Waals surface area contributed by atoms with E-state index in [1.165, 1.54) is 0 Å². The maximum absolute atomic E-state index is 10.9. The van der Waals surface area contributed by atoms with E-state index < -0.39 is 0 Å². The molecule has 1 aliphatic rings. The topological polar surface area (TPSA) is 50.4 Å². The van der Waals surface area contributed by atoms with Crippen LogP contribution in [0.1, 0.15) is 13.3 Å². The zero-order valence-corrected chi connectivity index (χ0v) is 6.72. The van der Waals surface area contributed by atoms with Gasteiger partial charge in [-0.25, -0.2) is 4.79 Å². The third kappa shape index (κ3) is 2.76. The van der Waals surface area contributed by atoms with E-state index >= 15 is 0 Å². The minimum Gasteiger partial charge on any atom is -0.379 e. The molecular formula is C7H14N2O2. The number of hydrogen-bond donors (Lipinski definition) is 2. The number of carbonyl (C=O) groups is 1. The minimum atomic E-state index is -0.0944. The van der Waals surface area contributed by atoms with E-state index in [0.717, 1.165) is 13.0 Å². The van der Waals surface area contributed by atoms with Gasteiger partial charge in [-0.1, -0.05) is 0 Å². The highest BCUT2D eigenvalue weighted by Gasteiger charge is 2.16. The third-order valence-corrected chi connectivity index (χ3v) is 1.60. The third-order valence-electron chi connectivity index (χ3n) is 1.60. The quantitative estimate of drug-likeness (QED) is 0.598. The Kier molecular flexibility index (Phi) is 3.16. The van der Waals surface area contributed by atoms with Crippen molar-refractivity contribution in [3.05, 3.63) is 0 Å². The molecule has 4 nitrogen and oxygen atoms in total. The summed E-state index contributed by atoms with van der Waals surface area (Å²) < 4.78 is 5.09. The Hall–Kier alpha value is -0.770. The number of rotatable bonds is 2. The lowest BCUT2D eigenvalue weighted by atomic mass is 10.3. The highest BCUT2D eigenvalue weighted by molar-refractivity contribution is 5.74. The lowest BCUT2D eigenvalue weighted by Crippen LogP contribution is -2.42. The second-order valence-corrected chi connectivity index (χ2v) is 2.56. The Labute approximate surface area is 66.3 Å².